The molecule has 170 valence electrons. The first-order chi connectivity index (χ1) is 16.0. The van der Waals surface area contributed by atoms with Gasteiger partial charge in [-0.1, -0.05) is 43.3 Å². The van der Waals surface area contributed by atoms with Gasteiger partial charge in [-0.15, -0.1) is 0 Å². The summed E-state index contributed by atoms with van der Waals surface area (Å²) in [5.41, 5.74) is 4.26. The lowest BCUT2D eigenvalue weighted by Gasteiger charge is -2.43. The molecule has 33 heavy (non-hydrogen) atoms. The Hall–Kier alpha value is -3.60. The topological polar surface area (TPSA) is 49.9 Å². The van der Waals surface area contributed by atoms with E-state index in [0.29, 0.717) is 18.4 Å². The van der Waals surface area contributed by atoms with Crippen molar-refractivity contribution < 1.29 is 14.3 Å². The Morgan fingerprint density at radius 3 is 2.39 bits per heavy atom. The quantitative estimate of drug-likeness (QED) is 0.492. The second-order valence-corrected chi connectivity index (χ2v) is 8.47. The fourth-order valence-corrected chi connectivity index (χ4v) is 4.74. The number of aryl methyl sites for hydroxylation is 1. The van der Waals surface area contributed by atoms with E-state index >= 15 is 0 Å². The number of nitrogens with zero attached hydrogens (tertiary/aromatic N) is 2. The highest BCUT2D eigenvalue weighted by Gasteiger charge is 2.38. The number of ether oxygens (including phenoxy) is 1. The molecule has 0 saturated carbocycles. The molecule has 2 atom stereocenters. The molecule has 0 aromatic heterocycles. The van der Waals surface area contributed by atoms with Crippen LogP contribution >= 0.6 is 0 Å². The van der Waals surface area contributed by atoms with Crippen molar-refractivity contribution in [2.24, 2.45) is 0 Å². The molecule has 0 fully saturated rings. The maximum Gasteiger partial charge on any atom is 0.258 e. The van der Waals surface area contributed by atoms with Crippen LogP contribution in [0.5, 0.6) is 5.75 Å². The van der Waals surface area contributed by atoms with Crippen LogP contribution in [0.25, 0.3) is 0 Å². The SMILES string of the molecule is CCC(=O)N(c1ccccc1)C1CC(C)N(C(=O)c2ccc(OC)c(C)c2)c2ccccc21. The van der Waals surface area contributed by atoms with Gasteiger partial charge >= 0.3 is 0 Å². The highest BCUT2D eigenvalue weighted by molar-refractivity contribution is 6.08. The van der Waals surface area contributed by atoms with E-state index in [-0.39, 0.29) is 23.9 Å². The van der Waals surface area contributed by atoms with Crippen LogP contribution in [0.15, 0.2) is 72.8 Å². The maximum atomic E-state index is 13.7. The lowest BCUT2D eigenvalue weighted by Crippen LogP contribution is -2.47. The Morgan fingerprint density at radius 2 is 1.73 bits per heavy atom. The summed E-state index contributed by atoms with van der Waals surface area (Å²) in [6.07, 6.45) is 1.06. The van der Waals surface area contributed by atoms with Gasteiger partial charge in [-0.25, -0.2) is 0 Å². The number of fused-ring (bicyclic) bond motifs is 1. The summed E-state index contributed by atoms with van der Waals surface area (Å²) in [7, 11) is 1.63. The Bertz CT molecular complexity index is 1160. The zero-order valence-electron chi connectivity index (χ0n) is 19.6. The Morgan fingerprint density at radius 1 is 1.03 bits per heavy atom. The fourth-order valence-electron chi connectivity index (χ4n) is 4.74. The molecule has 3 aromatic rings. The van der Waals surface area contributed by atoms with Gasteiger partial charge in [-0.3, -0.25) is 9.59 Å². The number of hydrogen-bond acceptors (Lipinski definition) is 3. The molecule has 1 aliphatic heterocycles. The minimum Gasteiger partial charge on any atom is -0.496 e. The zero-order chi connectivity index (χ0) is 23.5. The van der Waals surface area contributed by atoms with Crippen LogP contribution < -0.4 is 14.5 Å². The van der Waals surface area contributed by atoms with Crippen molar-refractivity contribution in [2.45, 2.75) is 45.7 Å². The molecule has 4 rings (SSSR count). The summed E-state index contributed by atoms with van der Waals surface area (Å²) in [5.74, 6) is 0.779. The number of para-hydroxylation sites is 2. The number of anilines is 2. The van der Waals surface area contributed by atoms with Crippen molar-refractivity contribution in [3.05, 3.63) is 89.5 Å². The molecule has 0 aliphatic carbocycles. The predicted octanol–water partition coefficient (Wildman–Crippen LogP) is 5.93. The molecule has 1 aliphatic rings. The second kappa shape index (κ2) is 9.49. The summed E-state index contributed by atoms with van der Waals surface area (Å²) in [4.78, 5) is 30.5. The molecule has 5 heteroatoms. The number of benzene rings is 3. The van der Waals surface area contributed by atoms with Gasteiger partial charge in [0.1, 0.15) is 5.75 Å². The van der Waals surface area contributed by atoms with Crippen molar-refractivity contribution in [2.75, 3.05) is 16.9 Å². The predicted molar refractivity (Wildman–Crippen MR) is 132 cm³/mol. The fraction of sp³-hybridized carbons (Fsp3) is 0.286. The number of methoxy groups -OCH3 is 1. The minimum atomic E-state index is -0.146. The first-order valence-electron chi connectivity index (χ1n) is 11.4. The van der Waals surface area contributed by atoms with Gasteiger partial charge in [0, 0.05) is 29.4 Å². The van der Waals surface area contributed by atoms with E-state index < -0.39 is 0 Å². The zero-order valence-corrected chi connectivity index (χ0v) is 19.6. The van der Waals surface area contributed by atoms with Gasteiger partial charge in [0.25, 0.3) is 5.91 Å². The normalized spacial score (nSPS) is 17.3. The third kappa shape index (κ3) is 4.23. The Labute approximate surface area is 195 Å². The van der Waals surface area contributed by atoms with Crippen molar-refractivity contribution >= 4 is 23.2 Å². The monoisotopic (exact) mass is 442 g/mol. The first kappa shape index (κ1) is 22.6. The van der Waals surface area contributed by atoms with E-state index in [9.17, 15) is 9.59 Å². The number of rotatable bonds is 5. The Kier molecular flexibility index (Phi) is 6.50. The third-order valence-electron chi connectivity index (χ3n) is 6.34. The van der Waals surface area contributed by atoms with E-state index in [1.54, 1.807) is 7.11 Å². The molecule has 1 heterocycles. The molecule has 0 spiro atoms. The van der Waals surface area contributed by atoms with Crippen LogP contribution in [-0.4, -0.2) is 25.0 Å². The van der Waals surface area contributed by atoms with Crippen LogP contribution in [0.4, 0.5) is 11.4 Å². The van der Waals surface area contributed by atoms with Crippen LogP contribution in [-0.2, 0) is 4.79 Å². The van der Waals surface area contributed by atoms with Crippen LogP contribution in [0, 0.1) is 6.92 Å². The van der Waals surface area contributed by atoms with Crippen molar-refractivity contribution in [1.82, 2.24) is 0 Å². The van der Waals surface area contributed by atoms with E-state index in [1.807, 2.05) is 96.4 Å². The molecule has 2 amide bonds. The molecular weight excluding hydrogens is 412 g/mol. The summed E-state index contributed by atoms with van der Waals surface area (Å²) < 4.78 is 5.36. The largest absolute Gasteiger partial charge is 0.496 e. The smallest absolute Gasteiger partial charge is 0.258 e. The van der Waals surface area contributed by atoms with E-state index in [2.05, 4.69) is 6.92 Å². The number of amides is 2. The summed E-state index contributed by atoms with van der Waals surface area (Å²) in [6.45, 7) is 5.88. The number of carbonyl (C=O) groups excluding carboxylic acids is 2. The number of hydrogen-bond donors (Lipinski definition) is 0. The third-order valence-corrected chi connectivity index (χ3v) is 6.34. The molecular formula is C28H30N2O3. The average Bonchev–Trinajstić information content (AvgIpc) is 2.84. The lowest BCUT2D eigenvalue weighted by atomic mass is 9.89. The van der Waals surface area contributed by atoms with E-state index in [0.717, 1.165) is 28.3 Å². The first-order valence-corrected chi connectivity index (χ1v) is 11.4. The molecule has 2 unspecified atom stereocenters. The van der Waals surface area contributed by atoms with Crippen molar-refractivity contribution in [1.29, 1.82) is 0 Å². The minimum absolute atomic E-state index is 0.0489. The van der Waals surface area contributed by atoms with Crippen molar-refractivity contribution in [3.8, 4) is 5.75 Å². The van der Waals surface area contributed by atoms with Gasteiger partial charge < -0.3 is 14.5 Å². The molecule has 0 radical (unpaired) electrons. The van der Waals surface area contributed by atoms with Gasteiger partial charge in [0.05, 0.1) is 13.2 Å². The maximum absolute atomic E-state index is 13.7. The highest BCUT2D eigenvalue weighted by Crippen LogP contribution is 2.43. The highest BCUT2D eigenvalue weighted by atomic mass is 16.5. The average molecular weight is 443 g/mol. The van der Waals surface area contributed by atoms with Gasteiger partial charge in [-0.2, -0.15) is 0 Å². The molecule has 0 bridgehead atoms. The summed E-state index contributed by atoms with van der Waals surface area (Å²) in [5, 5.41) is 0. The standard InChI is InChI=1S/C28H30N2O3/c1-5-27(31)30(22-11-7-6-8-12-22)25-18-20(3)29(24-14-10-9-13-23(24)25)28(32)21-15-16-26(33-4)19(2)17-21/h6-17,20,25H,5,18H2,1-4H3. The lowest BCUT2D eigenvalue weighted by molar-refractivity contribution is -0.118. The van der Waals surface area contributed by atoms with Crippen LogP contribution in [0.2, 0.25) is 0 Å². The molecule has 0 N–H and O–H groups in total. The molecule has 5 nitrogen and oxygen atoms in total. The van der Waals surface area contributed by atoms with Crippen molar-refractivity contribution in [3.63, 3.8) is 0 Å². The number of carbonyl (C=O) groups is 2. The van der Waals surface area contributed by atoms with Gasteiger partial charge in [0.15, 0.2) is 0 Å². The Balaban J connectivity index is 1.77. The summed E-state index contributed by atoms with van der Waals surface area (Å²) >= 11 is 0. The molecule has 0 saturated heterocycles. The molecule has 3 aromatic carbocycles. The van der Waals surface area contributed by atoms with Gasteiger partial charge in [0.2, 0.25) is 5.91 Å². The second-order valence-electron chi connectivity index (χ2n) is 8.47. The van der Waals surface area contributed by atoms with E-state index in [4.69, 9.17) is 4.74 Å². The van der Waals surface area contributed by atoms with Crippen LogP contribution in [0.1, 0.15) is 54.2 Å². The summed E-state index contributed by atoms with van der Waals surface area (Å²) in [6, 6.07) is 23.0. The van der Waals surface area contributed by atoms with Crippen LogP contribution in [0.3, 0.4) is 0 Å². The van der Waals surface area contributed by atoms with E-state index in [1.165, 1.54) is 0 Å². The van der Waals surface area contributed by atoms with Gasteiger partial charge in [-0.05, 0) is 67.8 Å².